The average Bonchev–Trinajstić information content (AvgIpc) is 3.62. The molecule has 0 radical (unpaired) electrons. The summed E-state index contributed by atoms with van der Waals surface area (Å²) in [4.78, 5) is 56.4. The summed E-state index contributed by atoms with van der Waals surface area (Å²) in [5, 5.41) is 2.79. The lowest BCUT2D eigenvalue weighted by Gasteiger charge is -2.34. The van der Waals surface area contributed by atoms with Gasteiger partial charge in [0.15, 0.2) is 5.84 Å². The van der Waals surface area contributed by atoms with E-state index in [4.69, 9.17) is 9.98 Å². The molecule has 5 heterocycles. The third-order valence-corrected chi connectivity index (χ3v) is 7.79. The molecule has 10 nitrogen and oxygen atoms in total. The Balaban J connectivity index is 1.43. The maximum absolute atomic E-state index is 13.2. The molecule has 0 bridgehead atoms. The van der Waals surface area contributed by atoms with Crippen molar-refractivity contribution in [2.24, 2.45) is 10.9 Å². The highest BCUT2D eigenvalue weighted by molar-refractivity contribution is 6.14. The first-order valence-electron chi connectivity index (χ1n) is 13.6. The Bertz CT molecular complexity index is 1660. The number of amides is 3. The summed E-state index contributed by atoms with van der Waals surface area (Å²) in [7, 11) is 0. The molecule has 0 spiro atoms. The highest BCUT2D eigenvalue weighted by Crippen LogP contribution is 2.38. The second kappa shape index (κ2) is 10.5. The molecule has 1 saturated heterocycles. The lowest BCUT2D eigenvalue weighted by Crippen LogP contribution is -2.47. The average molecular weight is 548 g/mol. The van der Waals surface area contributed by atoms with E-state index in [1.807, 2.05) is 36.7 Å². The van der Waals surface area contributed by atoms with Crippen LogP contribution in [-0.2, 0) is 9.59 Å². The van der Waals surface area contributed by atoms with Crippen molar-refractivity contribution in [2.45, 2.75) is 45.7 Å². The summed E-state index contributed by atoms with van der Waals surface area (Å²) < 4.78 is 1.94. The van der Waals surface area contributed by atoms with Crippen molar-refractivity contribution < 1.29 is 14.4 Å². The van der Waals surface area contributed by atoms with E-state index in [0.29, 0.717) is 41.0 Å². The Kier molecular flexibility index (Phi) is 6.71. The smallest absolute Gasteiger partial charge is 0.299 e. The van der Waals surface area contributed by atoms with Gasteiger partial charge in [0.1, 0.15) is 23.0 Å². The summed E-state index contributed by atoms with van der Waals surface area (Å²) in [5.41, 5.74) is 2.53. The number of likely N-dealkylation sites (tertiary alicyclic amines) is 1. The Morgan fingerprint density at radius 1 is 1.07 bits per heavy atom. The molecule has 1 N–H and O–H groups in total. The van der Waals surface area contributed by atoms with E-state index in [9.17, 15) is 14.4 Å². The summed E-state index contributed by atoms with van der Waals surface area (Å²) in [5.74, 6) is 6.26. The van der Waals surface area contributed by atoms with E-state index < -0.39 is 0 Å². The monoisotopic (exact) mass is 547 g/mol. The van der Waals surface area contributed by atoms with Gasteiger partial charge in [-0.05, 0) is 56.9 Å². The number of nitrogens with zero attached hydrogens (tertiary/aromatic N) is 6. The number of fused-ring (bicyclic) bond motifs is 3. The number of anilines is 1. The van der Waals surface area contributed by atoms with Crippen LogP contribution in [0.25, 0.3) is 17.5 Å². The number of pyridine rings is 1. The number of imidazole rings is 1. The van der Waals surface area contributed by atoms with Crippen molar-refractivity contribution in [2.75, 3.05) is 11.9 Å². The van der Waals surface area contributed by atoms with E-state index in [-0.39, 0.29) is 35.7 Å². The second-order valence-corrected chi connectivity index (χ2v) is 10.3. The Morgan fingerprint density at radius 3 is 2.61 bits per heavy atom. The van der Waals surface area contributed by atoms with Gasteiger partial charge in [0.25, 0.3) is 11.8 Å². The van der Waals surface area contributed by atoms with Crippen LogP contribution in [0.4, 0.5) is 5.82 Å². The Labute approximate surface area is 237 Å². The zero-order chi connectivity index (χ0) is 28.7. The number of carbonyl (C=O) groups excluding carboxylic acids is 3. The van der Waals surface area contributed by atoms with Gasteiger partial charge in [0.05, 0.1) is 18.0 Å². The van der Waals surface area contributed by atoms with Gasteiger partial charge in [-0.2, -0.15) is 0 Å². The first-order valence-corrected chi connectivity index (χ1v) is 13.6. The van der Waals surface area contributed by atoms with Gasteiger partial charge in [-0.15, -0.1) is 0 Å². The molecule has 206 valence electrons. The van der Waals surface area contributed by atoms with Crippen molar-refractivity contribution >= 4 is 35.6 Å². The van der Waals surface area contributed by atoms with Gasteiger partial charge in [-0.1, -0.05) is 31.0 Å². The van der Waals surface area contributed by atoms with Crippen LogP contribution < -0.4 is 5.32 Å². The van der Waals surface area contributed by atoms with Crippen LogP contribution in [0, 0.1) is 17.8 Å². The van der Waals surface area contributed by atoms with E-state index >= 15 is 0 Å². The molecular formula is C31H29N7O3. The molecule has 6 rings (SSSR count). The van der Waals surface area contributed by atoms with Gasteiger partial charge in [0, 0.05) is 36.3 Å². The number of carbonyl (C=O) groups is 3. The molecule has 3 aromatic rings. The molecule has 0 aliphatic carbocycles. The number of aliphatic imine (C=N–C) groups is 1. The van der Waals surface area contributed by atoms with Crippen LogP contribution in [0.15, 0.2) is 59.9 Å². The third kappa shape index (κ3) is 4.59. The molecule has 0 saturated carbocycles. The minimum absolute atomic E-state index is 0.0314. The van der Waals surface area contributed by atoms with Crippen LogP contribution >= 0.6 is 0 Å². The largest absolute Gasteiger partial charge is 0.322 e. The number of hydrogen-bond donors (Lipinski definition) is 1. The molecule has 3 amide bonds. The molecule has 2 aromatic heterocycles. The summed E-state index contributed by atoms with van der Waals surface area (Å²) in [6, 6.07) is 12.0. The molecule has 1 fully saturated rings. The molecular weight excluding hydrogens is 518 g/mol. The maximum Gasteiger partial charge on any atom is 0.299 e. The van der Waals surface area contributed by atoms with E-state index in [0.717, 1.165) is 18.4 Å². The van der Waals surface area contributed by atoms with Crippen LogP contribution in [-0.4, -0.2) is 60.5 Å². The highest BCUT2D eigenvalue weighted by atomic mass is 16.2. The summed E-state index contributed by atoms with van der Waals surface area (Å²) >= 11 is 0. The molecule has 2 unspecified atom stereocenters. The predicted octanol–water partition coefficient (Wildman–Crippen LogP) is 3.94. The second-order valence-electron chi connectivity index (χ2n) is 10.3. The maximum atomic E-state index is 13.2. The number of amidine groups is 1. The molecule has 3 aliphatic rings. The van der Waals surface area contributed by atoms with E-state index in [1.165, 1.54) is 0 Å². The zero-order valence-electron chi connectivity index (χ0n) is 23.0. The van der Waals surface area contributed by atoms with Crippen LogP contribution in [0.3, 0.4) is 0 Å². The molecule has 3 aliphatic heterocycles. The fourth-order valence-corrected chi connectivity index (χ4v) is 5.46. The lowest BCUT2D eigenvalue weighted by molar-refractivity contribution is -0.130. The molecule has 41 heavy (non-hydrogen) atoms. The van der Waals surface area contributed by atoms with Gasteiger partial charge >= 0.3 is 0 Å². The molecule has 10 heteroatoms. The topological polar surface area (TPSA) is 113 Å². The number of rotatable bonds is 4. The van der Waals surface area contributed by atoms with Gasteiger partial charge in [-0.25, -0.2) is 9.97 Å². The summed E-state index contributed by atoms with van der Waals surface area (Å²) in [6.07, 6.45) is 6.74. The van der Waals surface area contributed by atoms with Crippen LogP contribution in [0.1, 0.15) is 61.5 Å². The summed E-state index contributed by atoms with van der Waals surface area (Å²) in [6.45, 7) is 6.06. The number of benzene rings is 1. The zero-order valence-corrected chi connectivity index (χ0v) is 23.0. The first-order chi connectivity index (χ1) is 19.9. The lowest BCUT2D eigenvalue weighted by atomic mass is 9.98. The van der Waals surface area contributed by atoms with Crippen molar-refractivity contribution in [3.8, 4) is 23.1 Å². The van der Waals surface area contributed by atoms with Crippen LogP contribution in [0.5, 0.6) is 0 Å². The standard InChI is InChI=1S/C31H29N7O3/c1-4-8-25(39)36-16-7-9-23(36)28-35-26(27-29-33-20(3)19(2)31(41)38(29)18-17-37(27)28)21-11-13-22(14-12-21)30(40)34-24-10-5-6-15-32-24/h5-6,10-15,17-20,23H,7,9,16H2,1-3H3,(H,32,34,40)/t19?,20?,23-/m0/s1. The first kappa shape index (κ1) is 26.2. The minimum Gasteiger partial charge on any atom is -0.322 e. The minimum atomic E-state index is -0.279. The van der Waals surface area contributed by atoms with Crippen molar-refractivity contribution in [3.05, 3.63) is 71.9 Å². The van der Waals surface area contributed by atoms with Crippen LogP contribution in [0.2, 0.25) is 0 Å². The number of hydrogen-bond acceptors (Lipinski definition) is 6. The van der Waals surface area contributed by atoms with Gasteiger partial charge < -0.3 is 10.2 Å². The normalized spacial score (nSPS) is 21.0. The fourth-order valence-electron chi connectivity index (χ4n) is 5.46. The van der Waals surface area contributed by atoms with E-state index in [2.05, 4.69) is 22.1 Å². The van der Waals surface area contributed by atoms with Crippen molar-refractivity contribution in [1.82, 2.24) is 24.3 Å². The van der Waals surface area contributed by atoms with Gasteiger partial charge in [0.2, 0.25) is 5.91 Å². The number of nitrogens with one attached hydrogen (secondary N) is 1. The van der Waals surface area contributed by atoms with Crippen molar-refractivity contribution in [3.63, 3.8) is 0 Å². The van der Waals surface area contributed by atoms with Gasteiger partial charge in [-0.3, -0.25) is 28.8 Å². The number of aromatic nitrogens is 3. The highest BCUT2D eigenvalue weighted by Gasteiger charge is 2.41. The third-order valence-electron chi connectivity index (χ3n) is 7.79. The van der Waals surface area contributed by atoms with Crippen molar-refractivity contribution in [1.29, 1.82) is 0 Å². The molecule has 3 atom stereocenters. The Hall–Kier alpha value is -5.04. The molecule has 1 aromatic carbocycles. The SMILES string of the molecule is CC#CC(=O)N1CCC[C@H]1c1nc(-c2ccc(C(=O)Nc3ccccn3)cc2)c2n1C=CN1C(=O)C(C)C(C)N=C21. The quantitative estimate of drug-likeness (QED) is 0.497. The Morgan fingerprint density at radius 2 is 1.88 bits per heavy atom. The van der Waals surface area contributed by atoms with E-state index in [1.54, 1.807) is 59.5 Å². The fraction of sp³-hybridized carbons (Fsp3) is 0.290. The predicted molar refractivity (Wildman–Crippen MR) is 154 cm³/mol.